The molecule has 120 valence electrons. The van der Waals surface area contributed by atoms with Crippen molar-refractivity contribution in [2.75, 3.05) is 5.32 Å². The number of aromatic hydroxyl groups is 3. The highest BCUT2D eigenvalue weighted by Crippen LogP contribution is 2.35. The van der Waals surface area contributed by atoms with Crippen LogP contribution in [0, 0.1) is 0 Å². The minimum atomic E-state index is -0.804. The molecule has 2 rings (SSSR count). The first-order chi connectivity index (χ1) is 10.9. The number of urea groups is 1. The van der Waals surface area contributed by atoms with E-state index in [1.807, 2.05) is 0 Å². The second kappa shape index (κ2) is 6.75. The molecule has 0 unspecified atom stereocenters. The van der Waals surface area contributed by atoms with E-state index in [1.54, 1.807) is 24.3 Å². The Kier molecular flexibility index (Phi) is 4.77. The maximum atomic E-state index is 11.8. The van der Waals surface area contributed by atoms with Gasteiger partial charge in [0.1, 0.15) is 0 Å². The molecule has 0 aliphatic rings. The van der Waals surface area contributed by atoms with Crippen molar-refractivity contribution >= 4 is 29.2 Å². The summed E-state index contributed by atoms with van der Waals surface area (Å²) in [6, 6.07) is 7.45. The fraction of sp³-hybridized carbons (Fsp3) is 0. The minimum Gasteiger partial charge on any atom is -0.504 e. The van der Waals surface area contributed by atoms with Gasteiger partial charge in [-0.2, -0.15) is 0 Å². The Labute approximate surface area is 135 Å². The number of hydrogen-bond acceptors (Lipinski definition) is 5. The number of anilines is 1. The van der Waals surface area contributed by atoms with Gasteiger partial charge >= 0.3 is 6.03 Å². The van der Waals surface area contributed by atoms with Gasteiger partial charge in [-0.15, -0.1) is 0 Å². The van der Waals surface area contributed by atoms with Gasteiger partial charge < -0.3 is 20.6 Å². The smallest absolute Gasteiger partial charge is 0.337 e. The van der Waals surface area contributed by atoms with E-state index < -0.39 is 29.2 Å². The highest BCUT2D eigenvalue weighted by Gasteiger charge is 2.14. The van der Waals surface area contributed by atoms with Crippen LogP contribution in [0.2, 0.25) is 5.02 Å². The van der Waals surface area contributed by atoms with Crippen LogP contribution in [0.25, 0.3) is 0 Å². The number of benzene rings is 2. The van der Waals surface area contributed by atoms with Crippen LogP contribution in [0.15, 0.2) is 36.4 Å². The third-order valence-electron chi connectivity index (χ3n) is 2.72. The van der Waals surface area contributed by atoms with Crippen LogP contribution in [0.3, 0.4) is 0 Å². The first kappa shape index (κ1) is 16.2. The molecular formula is C14H12ClN3O5. The number of hydrazine groups is 1. The number of carbonyl (C=O) groups is 2. The standard InChI is InChI=1S/C14H12ClN3O5/c15-8-1-3-9(4-2-8)16-14(23)18-17-13(22)7-5-10(19)12(21)11(20)6-7/h1-6,19-21H,(H,17,22)(H2,16,18,23). The third kappa shape index (κ3) is 4.17. The number of nitrogens with one attached hydrogen (secondary N) is 3. The van der Waals surface area contributed by atoms with E-state index in [0.29, 0.717) is 10.7 Å². The third-order valence-corrected chi connectivity index (χ3v) is 2.98. The van der Waals surface area contributed by atoms with E-state index in [9.17, 15) is 24.9 Å². The molecule has 0 saturated carbocycles. The fourth-order valence-corrected chi connectivity index (χ4v) is 1.74. The molecule has 9 heteroatoms. The van der Waals surface area contributed by atoms with Crippen molar-refractivity contribution in [1.82, 2.24) is 10.9 Å². The second-order valence-corrected chi connectivity index (χ2v) is 4.84. The van der Waals surface area contributed by atoms with Gasteiger partial charge in [0.15, 0.2) is 17.2 Å². The van der Waals surface area contributed by atoms with Gasteiger partial charge in [-0.1, -0.05) is 11.6 Å². The summed E-state index contributed by atoms with van der Waals surface area (Å²) in [5.41, 5.74) is 4.46. The van der Waals surface area contributed by atoms with Crippen molar-refractivity contribution < 1.29 is 24.9 Å². The molecule has 23 heavy (non-hydrogen) atoms. The summed E-state index contributed by atoms with van der Waals surface area (Å²) in [6.45, 7) is 0. The van der Waals surface area contributed by atoms with Crippen molar-refractivity contribution in [2.45, 2.75) is 0 Å². The number of phenolic OH excluding ortho intramolecular Hbond substituents is 3. The van der Waals surface area contributed by atoms with Crippen LogP contribution >= 0.6 is 11.6 Å². The van der Waals surface area contributed by atoms with Crippen molar-refractivity contribution in [2.24, 2.45) is 0 Å². The normalized spacial score (nSPS) is 9.96. The van der Waals surface area contributed by atoms with Gasteiger partial charge in [0.2, 0.25) is 0 Å². The quantitative estimate of drug-likeness (QED) is 0.368. The summed E-state index contributed by atoms with van der Waals surface area (Å²) in [6.07, 6.45) is 0. The SMILES string of the molecule is O=C(NNC(=O)c1cc(O)c(O)c(O)c1)Nc1ccc(Cl)cc1. The molecule has 0 heterocycles. The molecule has 0 aliphatic heterocycles. The Balaban J connectivity index is 1.93. The first-order valence-corrected chi connectivity index (χ1v) is 6.62. The van der Waals surface area contributed by atoms with E-state index in [4.69, 9.17) is 11.6 Å². The predicted molar refractivity (Wildman–Crippen MR) is 82.5 cm³/mol. The molecule has 0 bridgehead atoms. The monoisotopic (exact) mass is 337 g/mol. The van der Waals surface area contributed by atoms with Crippen LogP contribution in [-0.4, -0.2) is 27.3 Å². The van der Waals surface area contributed by atoms with Gasteiger partial charge in [-0.05, 0) is 36.4 Å². The summed E-state index contributed by atoms with van der Waals surface area (Å²) < 4.78 is 0. The van der Waals surface area contributed by atoms with Crippen molar-refractivity contribution in [1.29, 1.82) is 0 Å². The molecule has 2 aromatic rings. The lowest BCUT2D eigenvalue weighted by atomic mass is 10.2. The van der Waals surface area contributed by atoms with Crippen LogP contribution in [0.1, 0.15) is 10.4 Å². The highest BCUT2D eigenvalue weighted by atomic mass is 35.5. The van der Waals surface area contributed by atoms with Crippen LogP contribution < -0.4 is 16.2 Å². The summed E-state index contributed by atoms with van der Waals surface area (Å²) >= 11 is 5.71. The number of amides is 3. The van der Waals surface area contributed by atoms with Crippen molar-refractivity contribution in [3.63, 3.8) is 0 Å². The molecule has 0 aromatic heterocycles. The average Bonchev–Trinajstić information content (AvgIpc) is 2.52. The zero-order chi connectivity index (χ0) is 17.0. The second-order valence-electron chi connectivity index (χ2n) is 4.40. The summed E-state index contributed by atoms with van der Waals surface area (Å²) in [5.74, 6) is -2.88. The largest absolute Gasteiger partial charge is 0.504 e. The average molecular weight is 338 g/mol. The summed E-state index contributed by atoms with van der Waals surface area (Å²) in [4.78, 5) is 23.4. The highest BCUT2D eigenvalue weighted by molar-refractivity contribution is 6.30. The number of rotatable bonds is 2. The van der Waals surface area contributed by atoms with Gasteiger partial charge in [0.25, 0.3) is 5.91 Å². The maximum Gasteiger partial charge on any atom is 0.337 e. The van der Waals surface area contributed by atoms with Crippen molar-refractivity contribution in [3.8, 4) is 17.2 Å². The summed E-state index contributed by atoms with van der Waals surface area (Å²) in [7, 11) is 0. The number of halogens is 1. The van der Waals surface area contributed by atoms with E-state index in [-0.39, 0.29) is 5.56 Å². The first-order valence-electron chi connectivity index (χ1n) is 6.24. The fourth-order valence-electron chi connectivity index (χ4n) is 1.62. The zero-order valence-corrected chi connectivity index (χ0v) is 12.3. The summed E-state index contributed by atoms with van der Waals surface area (Å²) in [5, 5.41) is 30.8. The van der Waals surface area contributed by atoms with E-state index >= 15 is 0 Å². The lowest BCUT2D eigenvalue weighted by Gasteiger charge is -2.10. The predicted octanol–water partition coefficient (Wildman–Crippen LogP) is 1.92. The van der Waals surface area contributed by atoms with Crippen molar-refractivity contribution in [3.05, 3.63) is 47.0 Å². The Morgan fingerprint density at radius 2 is 1.48 bits per heavy atom. The zero-order valence-electron chi connectivity index (χ0n) is 11.5. The Hall–Kier alpha value is -3.13. The molecule has 8 nitrogen and oxygen atoms in total. The molecule has 0 atom stereocenters. The maximum absolute atomic E-state index is 11.8. The number of hydrogen-bond donors (Lipinski definition) is 6. The molecular weight excluding hydrogens is 326 g/mol. The topological polar surface area (TPSA) is 131 Å². The van der Waals surface area contributed by atoms with Crippen LogP contribution in [-0.2, 0) is 0 Å². The van der Waals surface area contributed by atoms with Gasteiger partial charge in [0, 0.05) is 16.3 Å². The van der Waals surface area contributed by atoms with E-state index in [2.05, 4.69) is 16.2 Å². The van der Waals surface area contributed by atoms with Crippen LogP contribution in [0.5, 0.6) is 17.2 Å². The molecule has 0 saturated heterocycles. The molecule has 0 fully saturated rings. The van der Waals surface area contributed by atoms with Gasteiger partial charge in [0.05, 0.1) is 0 Å². The van der Waals surface area contributed by atoms with E-state index in [1.165, 1.54) is 0 Å². The molecule has 2 aromatic carbocycles. The van der Waals surface area contributed by atoms with Gasteiger partial charge in [-0.3, -0.25) is 10.2 Å². The number of phenols is 3. The molecule has 0 spiro atoms. The van der Waals surface area contributed by atoms with Gasteiger partial charge in [-0.25, -0.2) is 10.2 Å². The minimum absolute atomic E-state index is 0.162. The Morgan fingerprint density at radius 1 is 0.913 bits per heavy atom. The lowest BCUT2D eigenvalue weighted by Crippen LogP contribution is -2.43. The van der Waals surface area contributed by atoms with E-state index in [0.717, 1.165) is 12.1 Å². The Bertz CT molecular complexity index is 726. The number of carbonyl (C=O) groups excluding carboxylic acids is 2. The molecule has 6 N–H and O–H groups in total. The molecule has 0 aliphatic carbocycles. The molecule has 0 radical (unpaired) electrons. The molecule has 3 amide bonds. The lowest BCUT2D eigenvalue weighted by molar-refractivity contribution is 0.0937. The van der Waals surface area contributed by atoms with Crippen LogP contribution in [0.4, 0.5) is 10.5 Å². The Morgan fingerprint density at radius 3 is 2.04 bits per heavy atom.